The van der Waals surface area contributed by atoms with Crippen molar-refractivity contribution in [2.75, 3.05) is 6.61 Å². The molecule has 0 aliphatic carbocycles. The van der Waals surface area contributed by atoms with Crippen LogP contribution in [0.25, 0.3) is 0 Å². The number of hydrogen-bond donors (Lipinski definition) is 1. The first-order chi connectivity index (χ1) is 3.98. The van der Waals surface area contributed by atoms with Crippen LogP contribution in [0.3, 0.4) is 0 Å². The molecule has 0 saturated carbocycles. The predicted molar refractivity (Wildman–Crippen MR) is 31.5 cm³/mol. The first kappa shape index (κ1) is 8.82. The average Bonchev–Trinajstić information content (AvgIpc) is 1.63. The van der Waals surface area contributed by atoms with Crippen molar-refractivity contribution in [3.05, 3.63) is 0 Å². The Labute approximate surface area is 53.7 Å². The lowest BCUT2D eigenvalue weighted by atomic mass is 10.1. The molecule has 56 valence electrons. The molecule has 0 aromatic rings. The number of aliphatic hydroxyl groups is 1. The van der Waals surface area contributed by atoms with E-state index in [1.54, 1.807) is 13.8 Å². The molecule has 0 radical (unpaired) electrons. The second kappa shape index (κ2) is 3.11. The highest BCUT2D eigenvalue weighted by atomic mass is 19.3. The van der Waals surface area contributed by atoms with Crippen LogP contribution in [0.15, 0.2) is 0 Å². The van der Waals surface area contributed by atoms with Crippen molar-refractivity contribution in [2.45, 2.75) is 26.2 Å². The number of aliphatic hydroxyl groups excluding tert-OH is 1. The minimum atomic E-state index is -2.88. The SMILES string of the molecule is CC(C)CC(F)(F)CO. The van der Waals surface area contributed by atoms with Crippen molar-refractivity contribution in [3.63, 3.8) is 0 Å². The molecule has 1 N–H and O–H groups in total. The van der Waals surface area contributed by atoms with Crippen LogP contribution < -0.4 is 0 Å². The number of hydrogen-bond acceptors (Lipinski definition) is 1. The summed E-state index contributed by atoms with van der Waals surface area (Å²) < 4.78 is 24.3. The number of alkyl halides is 2. The Balaban J connectivity index is 3.58. The zero-order valence-corrected chi connectivity index (χ0v) is 5.69. The summed E-state index contributed by atoms with van der Waals surface area (Å²) >= 11 is 0. The second-order valence-corrected chi connectivity index (χ2v) is 2.61. The lowest BCUT2D eigenvalue weighted by molar-refractivity contribution is -0.0647. The molecule has 0 atom stereocenters. The molecule has 0 saturated heterocycles. The largest absolute Gasteiger partial charge is 0.390 e. The maximum atomic E-state index is 12.2. The van der Waals surface area contributed by atoms with Gasteiger partial charge in [0.2, 0.25) is 0 Å². The van der Waals surface area contributed by atoms with Gasteiger partial charge in [0.25, 0.3) is 5.92 Å². The van der Waals surface area contributed by atoms with Gasteiger partial charge < -0.3 is 5.11 Å². The Morgan fingerprint density at radius 1 is 1.44 bits per heavy atom. The van der Waals surface area contributed by atoms with Gasteiger partial charge in [-0.25, -0.2) is 8.78 Å². The highest BCUT2D eigenvalue weighted by Gasteiger charge is 2.28. The first-order valence-electron chi connectivity index (χ1n) is 2.96. The topological polar surface area (TPSA) is 20.2 Å². The van der Waals surface area contributed by atoms with Crippen LogP contribution in [0.5, 0.6) is 0 Å². The van der Waals surface area contributed by atoms with Gasteiger partial charge >= 0.3 is 0 Å². The molecule has 0 heterocycles. The van der Waals surface area contributed by atoms with Gasteiger partial charge in [0, 0.05) is 6.42 Å². The van der Waals surface area contributed by atoms with E-state index in [2.05, 4.69) is 0 Å². The fourth-order valence-electron chi connectivity index (χ4n) is 0.662. The molecule has 0 fully saturated rings. The Bertz CT molecular complexity index is 81.1. The summed E-state index contributed by atoms with van der Waals surface area (Å²) in [5, 5.41) is 8.09. The van der Waals surface area contributed by atoms with Crippen molar-refractivity contribution in [3.8, 4) is 0 Å². The molecule has 0 bridgehead atoms. The minimum Gasteiger partial charge on any atom is -0.390 e. The smallest absolute Gasteiger partial charge is 0.270 e. The van der Waals surface area contributed by atoms with Gasteiger partial charge in [0.15, 0.2) is 0 Å². The van der Waals surface area contributed by atoms with Crippen molar-refractivity contribution < 1.29 is 13.9 Å². The normalized spacial score (nSPS) is 12.7. The highest BCUT2D eigenvalue weighted by molar-refractivity contribution is 4.65. The molecule has 0 rings (SSSR count). The summed E-state index contributed by atoms with van der Waals surface area (Å²) in [7, 11) is 0. The molecule has 0 amide bonds. The summed E-state index contributed by atoms with van der Waals surface area (Å²) in [5.41, 5.74) is 0. The van der Waals surface area contributed by atoms with Crippen molar-refractivity contribution in [2.24, 2.45) is 5.92 Å². The molecule has 0 aromatic carbocycles. The molecule has 0 spiro atoms. The van der Waals surface area contributed by atoms with E-state index in [1.807, 2.05) is 0 Å². The molecule has 0 unspecified atom stereocenters. The van der Waals surface area contributed by atoms with Crippen LogP contribution in [-0.2, 0) is 0 Å². The van der Waals surface area contributed by atoms with Gasteiger partial charge in [-0.15, -0.1) is 0 Å². The van der Waals surface area contributed by atoms with Crippen LogP contribution in [-0.4, -0.2) is 17.6 Å². The molecule has 0 aliphatic heterocycles. The monoisotopic (exact) mass is 138 g/mol. The van der Waals surface area contributed by atoms with Gasteiger partial charge in [-0.05, 0) is 5.92 Å². The maximum absolute atomic E-state index is 12.2. The van der Waals surface area contributed by atoms with Gasteiger partial charge in [-0.2, -0.15) is 0 Å². The quantitative estimate of drug-likeness (QED) is 0.628. The predicted octanol–water partition coefficient (Wildman–Crippen LogP) is 1.66. The van der Waals surface area contributed by atoms with E-state index in [0.29, 0.717) is 0 Å². The molecular formula is C6H12F2O. The van der Waals surface area contributed by atoms with Gasteiger partial charge in [0.1, 0.15) is 6.61 Å². The first-order valence-corrected chi connectivity index (χ1v) is 2.96. The molecule has 0 aliphatic rings. The van der Waals surface area contributed by atoms with Gasteiger partial charge in [-0.3, -0.25) is 0 Å². The Morgan fingerprint density at radius 3 is 2.00 bits per heavy atom. The van der Waals surface area contributed by atoms with E-state index >= 15 is 0 Å². The highest BCUT2D eigenvalue weighted by Crippen LogP contribution is 2.21. The second-order valence-electron chi connectivity index (χ2n) is 2.61. The molecule has 9 heavy (non-hydrogen) atoms. The molecule has 3 heteroatoms. The van der Waals surface area contributed by atoms with Gasteiger partial charge in [-0.1, -0.05) is 13.8 Å². The maximum Gasteiger partial charge on any atom is 0.270 e. The average molecular weight is 138 g/mol. The summed E-state index contributed by atoms with van der Waals surface area (Å²) in [4.78, 5) is 0. The Kier molecular flexibility index (Phi) is 3.04. The number of rotatable bonds is 3. The van der Waals surface area contributed by atoms with Crippen molar-refractivity contribution >= 4 is 0 Å². The lowest BCUT2D eigenvalue weighted by Crippen LogP contribution is -2.23. The van der Waals surface area contributed by atoms with Crippen LogP contribution in [0.4, 0.5) is 8.78 Å². The van der Waals surface area contributed by atoms with E-state index in [0.717, 1.165) is 0 Å². The van der Waals surface area contributed by atoms with Gasteiger partial charge in [0.05, 0.1) is 0 Å². The third kappa shape index (κ3) is 4.33. The summed E-state index contributed by atoms with van der Waals surface area (Å²) in [6, 6.07) is 0. The van der Waals surface area contributed by atoms with E-state index in [4.69, 9.17) is 5.11 Å². The lowest BCUT2D eigenvalue weighted by Gasteiger charge is -2.14. The molecule has 1 nitrogen and oxygen atoms in total. The fraction of sp³-hybridized carbons (Fsp3) is 1.00. The van der Waals surface area contributed by atoms with Crippen molar-refractivity contribution in [1.29, 1.82) is 0 Å². The van der Waals surface area contributed by atoms with E-state index in [1.165, 1.54) is 0 Å². The summed E-state index contributed by atoms with van der Waals surface area (Å²) in [6.07, 6.45) is -0.233. The standard InChI is InChI=1S/C6H12F2O/c1-5(2)3-6(7,8)4-9/h5,9H,3-4H2,1-2H3. The van der Waals surface area contributed by atoms with Crippen molar-refractivity contribution in [1.82, 2.24) is 0 Å². The van der Waals surface area contributed by atoms with Crippen LogP contribution >= 0.6 is 0 Å². The van der Waals surface area contributed by atoms with Crippen LogP contribution in [0, 0.1) is 5.92 Å². The van der Waals surface area contributed by atoms with Crippen LogP contribution in [0.2, 0.25) is 0 Å². The molecule has 0 aromatic heterocycles. The third-order valence-corrected chi connectivity index (χ3v) is 0.938. The van der Waals surface area contributed by atoms with E-state index < -0.39 is 12.5 Å². The fourth-order valence-corrected chi connectivity index (χ4v) is 0.662. The third-order valence-electron chi connectivity index (χ3n) is 0.938. The summed E-state index contributed by atoms with van der Waals surface area (Å²) in [6.45, 7) is 2.36. The van der Waals surface area contributed by atoms with E-state index in [-0.39, 0.29) is 12.3 Å². The minimum absolute atomic E-state index is 0.0628. The van der Waals surface area contributed by atoms with Crippen LogP contribution in [0.1, 0.15) is 20.3 Å². The Hall–Kier alpha value is -0.180. The number of halogens is 2. The zero-order chi connectivity index (χ0) is 7.49. The molecular weight excluding hydrogens is 126 g/mol. The Morgan fingerprint density at radius 2 is 1.89 bits per heavy atom. The van der Waals surface area contributed by atoms with E-state index in [9.17, 15) is 8.78 Å². The zero-order valence-electron chi connectivity index (χ0n) is 5.69. The summed E-state index contributed by atoms with van der Waals surface area (Å²) in [5.74, 6) is -2.94.